The summed E-state index contributed by atoms with van der Waals surface area (Å²) in [7, 11) is 1.84. The predicted molar refractivity (Wildman–Crippen MR) is 117 cm³/mol. The molecule has 0 bridgehead atoms. The van der Waals surface area contributed by atoms with Gasteiger partial charge in [-0.25, -0.2) is 4.39 Å². The number of hydrogen-bond donors (Lipinski definition) is 1. The van der Waals surface area contributed by atoms with Crippen molar-refractivity contribution in [2.75, 3.05) is 38.5 Å². The van der Waals surface area contributed by atoms with Gasteiger partial charge in [-0.1, -0.05) is 18.2 Å². The number of piperidine rings is 1. The van der Waals surface area contributed by atoms with E-state index in [0.29, 0.717) is 23.7 Å². The van der Waals surface area contributed by atoms with E-state index in [2.05, 4.69) is 10.2 Å². The molecule has 6 heteroatoms. The van der Waals surface area contributed by atoms with E-state index < -0.39 is 0 Å². The third-order valence-electron chi connectivity index (χ3n) is 5.54. The lowest BCUT2D eigenvalue weighted by Crippen LogP contribution is -2.42. The van der Waals surface area contributed by atoms with Crippen LogP contribution in [-0.4, -0.2) is 54.8 Å². The lowest BCUT2D eigenvalue weighted by Gasteiger charge is -2.34. The number of nitrogens with zero attached hydrogens (tertiary/aromatic N) is 2. The molecule has 5 nitrogen and oxygen atoms in total. The average molecular weight is 412 g/mol. The molecule has 1 N–H and O–H groups in total. The van der Waals surface area contributed by atoms with Gasteiger partial charge in [0.2, 0.25) is 5.91 Å². The summed E-state index contributed by atoms with van der Waals surface area (Å²) in [5, 5.41) is 2.72. The number of carbonyl (C=O) groups excluding carboxylic acids is 2. The monoisotopic (exact) mass is 411 g/mol. The van der Waals surface area contributed by atoms with Crippen LogP contribution in [-0.2, 0) is 11.2 Å². The number of rotatable bonds is 7. The molecular formula is C24H30FN3O2. The van der Waals surface area contributed by atoms with E-state index >= 15 is 0 Å². The highest BCUT2D eigenvalue weighted by atomic mass is 19.1. The third kappa shape index (κ3) is 6.39. The van der Waals surface area contributed by atoms with Gasteiger partial charge in [0.25, 0.3) is 5.91 Å². The Morgan fingerprint density at radius 3 is 2.70 bits per heavy atom. The summed E-state index contributed by atoms with van der Waals surface area (Å²) in [5.41, 5.74) is 2.35. The van der Waals surface area contributed by atoms with Crippen LogP contribution in [0.4, 0.5) is 10.1 Å². The summed E-state index contributed by atoms with van der Waals surface area (Å²) in [5.74, 6) is 0.0353. The molecule has 30 heavy (non-hydrogen) atoms. The standard InChI is InChI=1S/C24H30FN3O2/c1-18(29)26-23-7-3-6-21(15-23)24(30)27(2)16-20-5-4-13-28(17-20)14-12-19-8-10-22(25)11-9-19/h3,6-11,15,20H,4-5,12-14,16-17H2,1-2H3,(H,26,29)/t20-/m0/s1. The summed E-state index contributed by atoms with van der Waals surface area (Å²) < 4.78 is 13.1. The van der Waals surface area contributed by atoms with Crippen LogP contribution in [0.15, 0.2) is 48.5 Å². The number of hydrogen-bond acceptors (Lipinski definition) is 3. The third-order valence-corrected chi connectivity index (χ3v) is 5.54. The molecule has 2 aromatic rings. The average Bonchev–Trinajstić information content (AvgIpc) is 2.73. The molecule has 3 rings (SSSR count). The van der Waals surface area contributed by atoms with Gasteiger partial charge in [0.15, 0.2) is 0 Å². The van der Waals surface area contributed by atoms with Gasteiger partial charge in [-0.3, -0.25) is 9.59 Å². The topological polar surface area (TPSA) is 52.7 Å². The van der Waals surface area contributed by atoms with E-state index in [1.807, 2.05) is 19.2 Å². The first kappa shape index (κ1) is 22.0. The zero-order valence-corrected chi connectivity index (χ0v) is 17.7. The van der Waals surface area contributed by atoms with Crippen molar-refractivity contribution in [2.45, 2.75) is 26.2 Å². The van der Waals surface area contributed by atoms with Gasteiger partial charge in [-0.05, 0) is 67.6 Å². The molecule has 1 atom stereocenters. The lowest BCUT2D eigenvalue weighted by molar-refractivity contribution is -0.114. The number of likely N-dealkylation sites (tertiary alicyclic amines) is 1. The first-order valence-electron chi connectivity index (χ1n) is 10.5. The molecule has 2 aromatic carbocycles. The minimum Gasteiger partial charge on any atom is -0.341 e. The van der Waals surface area contributed by atoms with Crippen molar-refractivity contribution in [1.29, 1.82) is 0 Å². The molecule has 0 aliphatic carbocycles. The Balaban J connectivity index is 1.51. The van der Waals surface area contributed by atoms with Crippen LogP contribution in [0.1, 0.15) is 35.7 Å². The largest absolute Gasteiger partial charge is 0.341 e. The van der Waals surface area contributed by atoms with E-state index in [1.165, 1.54) is 19.1 Å². The van der Waals surface area contributed by atoms with Crippen molar-refractivity contribution in [3.8, 4) is 0 Å². The molecule has 1 aliphatic heterocycles. The maximum absolute atomic E-state index is 13.1. The Bertz CT molecular complexity index is 869. The van der Waals surface area contributed by atoms with Gasteiger partial charge >= 0.3 is 0 Å². The van der Waals surface area contributed by atoms with Crippen molar-refractivity contribution in [3.63, 3.8) is 0 Å². The van der Waals surface area contributed by atoms with Gasteiger partial charge in [-0.15, -0.1) is 0 Å². The van der Waals surface area contributed by atoms with E-state index in [0.717, 1.165) is 44.5 Å². The number of anilines is 1. The number of amides is 2. The summed E-state index contributed by atoms with van der Waals surface area (Å²) >= 11 is 0. The molecule has 0 unspecified atom stereocenters. The molecule has 160 valence electrons. The molecule has 0 radical (unpaired) electrons. The second-order valence-electron chi connectivity index (χ2n) is 8.13. The van der Waals surface area contributed by atoms with E-state index in [-0.39, 0.29) is 17.6 Å². The molecule has 0 spiro atoms. The van der Waals surface area contributed by atoms with Gasteiger partial charge in [-0.2, -0.15) is 0 Å². The fourth-order valence-corrected chi connectivity index (χ4v) is 4.07. The zero-order chi connectivity index (χ0) is 21.5. The normalized spacial score (nSPS) is 16.8. The van der Waals surface area contributed by atoms with Crippen molar-refractivity contribution in [2.24, 2.45) is 5.92 Å². The maximum atomic E-state index is 13.1. The Kier molecular flexibility index (Phi) is 7.57. The smallest absolute Gasteiger partial charge is 0.253 e. The van der Waals surface area contributed by atoms with Crippen LogP contribution in [0, 0.1) is 11.7 Å². The van der Waals surface area contributed by atoms with E-state index in [1.54, 1.807) is 29.2 Å². The van der Waals surface area contributed by atoms with Gasteiger partial charge in [0, 0.05) is 44.9 Å². The first-order chi connectivity index (χ1) is 14.4. The Morgan fingerprint density at radius 1 is 1.20 bits per heavy atom. The fraction of sp³-hybridized carbons (Fsp3) is 0.417. The maximum Gasteiger partial charge on any atom is 0.253 e. The quantitative estimate of drug-likeness (QED) is 0.754. The molecule has 1 saturated heterocycles. The predicted octanol–water partition coefficient (Wildman–Crippen LogP) is 3.81. The summed E-state index contributed by atoms with van der Waals surface area (Å²) in [6.45, 7) is 5.12. The van der Waals surface area contributed by atoms with E-state index in [4.69, 9.17) is 0 Å². The van der Waals surface area contributed by atoms with Crippen LogP contribution in [0.3, 0.4) is 0 Å². The Morgan fingerprint density at radius 2 is 1.97 bits per heavy atom. The highest BCUT2D eigenvalue weighted by Gasteiger charge is 2.23. The van der Waals surface area contributed by atoms with Crippen molar-refractivity contribution in [1.82, 2.24) is 9.80 Å². The highest BCUT2D eigenvalue weighted by Crippen LogP contribution is 2.19. The lowest BCUT2D eigenvalue weighted by atomic mass is 9.96. The van der Waals surface area contributed by atoms with Crippen molar-refractivity contribution >= 4 is 17.5 Å². The minimum atomic E-state index is -0.202. The number of benzene rings is 2. The van der Waals surface area contributed by atoms with Crippen LogP contribution in [0.5, 0.6) is 0 Å². The molecule has 1 fully saturated rings. The zero-order valence-electron chi connectivity index (χ0n) is 17.7. The van der Waals surface area contributed by atoms with Crippen LogP contribution < -0.4 is 5.32 Å². The van der Waals surface area contributed by atoms with Crippen LogP contribution >= 0.6 is 0 Å². The minimum absolute atomic E-state index is 0.0364. The summed E-state index contributed by atoms with van der Waals surface area (Å²) in [6, 6.07) is 13.8. The SMILES string of the molecule is CC(=O)Nc1cccc(C(=O)N(C)C[C@@H]2CCCN(CCc3ccc(F)cc3)C2)c1. The van der Waals surface area contributed by atoms with Gasteiger partial charge in [0.05, 0.1) is 0 Å². The second kappa shape index (κ2) is 10.3. The van der Waals surface area contributed by atoms with Crippen LogP contribution in [0.25, 0.3) is 0 Å². The van der Waals surface area contributed by atoms with Crippen molar-refractivity contribution < 1.29 is 14.0 Å². The molecule has 2 amide bonds. The molecule has 0 saturated carbocycles. The highest BCUT2D eigenvalue weighted by molar-refractivity contribution is 5.96. The molecule has 1 aliphatic rings. The second-order valence-corrected chi connectivity index (χ2v) is 8.13. The molecule has 1 heterocycles. The van der Waals surface area contributed by atoms with Crippen LogP contribution in [0.2, 0.25) is 0 Å². The van der Waals surface area contributed by atoms with E-state index in [9.17, 15) is 14.0 Å². The molecular weight excluding hydrogens is 381 g/mol. The Hall–Kier alpha value is -2.73. The van der Waals surface area contributed by atoms with Crippen molar-refractivity contribution in [3.05, 3.63) is 65.5 Å². The Labute approximate surface area is 177 Å². The number of halogens is 1. The first-order valence-corrected chi connectivity index (χ1v) is 10.5. The van der Waals surface area contributed by atoms with Gasteiger partial charge in [0.1, 0.15) is 5.82 Å². The van der Waals surface area contributed by atoms with Gasteiger partial charge < -0.3 is 15.1 Å². The fourth-order valence-electron chi connectivity index (χ4n) is 4.07. The number of nitrogens with one attached hydrogen (secondary N) is 1. The summed E-state index contributed by atoms with van der Waals surface area (Å²) in [4.78, 5) is 28.3. The number of carbonyl (C=O) groups is 2. The summed E-state index contributed by atoms with van der Waals surface area (Å²) in [6.07, 6.45) is 3.13. The molecule has 0 aromatic heterocycles.